The number of hydrogen-bond acceptors (Lipinski definition) is 4. The number of carbonyl (C=O) groups is 1. The van der Waals surface area contributed by atoms with Crippen LogP contribution in [0.1, 0.15) is 33.3 Å². The minimum absolute atomic E-state index is 0.0259. The highest BCUT2D eigenvalue weighted by Gasteiger charge is 2.43. The summed E-state index contributed by atoms with van der Waals surface area (Å²) in [6, 6.07) is 4.50. The van der Waals surface area contributed by atoms with Gasteiger partial charge >= 0.3 is 5.97 Å². The minimum Gasteiger partial charge on any atom is -0.481 e. The second-order valence-electron chi connectivity index (χ2n) is 5.94. The predicted molar refractivity (Wildman–Crippen MR) is 77.0 cm³/mol. The van der Waals surface area contributed by atoms with Crippen LogP contribution in [-0.4, -0.2) is 21.5 Å². The van der Waals surface area contributed by atoms with Gasteiger partial charge in [-0.15, -0.1) is 0 Å². The van der Waals surface area contributed by atoms with Crippen molar-refractivity contribution in [2.24, 2.45) is 5.41 Å². The van der Waals surface area contributed by atoms with Gasteiger partial charge in [0.2, 0.25) is 0 Å². The summed E-state index contributed by atoms with van der Waals surface area (Å²) in [7, 11) is 0. The van der Waals surface area contributed by atoms with Crippen LogP contribution in [0.4, 0.5) is 11.4 Å². The quantitative estimate of drug-likeness (QED) is 0.638. The maximum atomic E-state index is 11.4. The molecule has 0 saturated heterocycles. The van der Waals surface area contributed by atoms with Crippen LogP contribution >= 0.6 is 0 Å². The Morgan fingerprint density at radius 1 is 1.30 bits per heavy atom. The van der Waals surface area contributed by atoms with E-state index >= 15 is 0 Å². The number of nitro groups is 1. The summed E-state index contributed by atoms with van der Waals surface area (Å²) in [6.07, 6.45) is 0. The molecule has 0 radical (unpaired) electrons. The second-order valence-corrected chi connectivity index (χ2v) is 5.94. The molecule has 0 heterocycles. The van der Waals surface area contributed by atoms with Gasteiger partial charge in [0.25, 0.3) is 5.69 Å². The van der Waals surface area contributed by atoms with Crippen molar-refractivity contribution in [2.75, 3.05) is 5.32 Å². The first kappa shape index (κ1) is 15.9. The Morgan fingerprint density at radius 3 is 2.30 bits per heavy atom. The van der Waals surface area contributed by atoms with E-state index < -0.39 is 21.8 Å². The highest BCUT2D eigenvalue weighted by Crippen LogP contribution is 2.35. The fourth-order valence-corrected chi connectivity index (χ4v) is 1.62. The SMILES string of the molecule is Cc1ccc([N+](=O)[O-])cc1NC(C)(C)C(C)(C)C(=O)O. The first-order valence-electron chi connectivity index (χ1n) is 6.25. The van der Waals surface area contributed by atoms with Crippen LogP contribution in [-0.2, 0) is 4.79 Å². The highest BCUT2D eigenvalue weighted by molar-refractivity contribution is 5.76. The number of hydrogen-bond donors (Lipinski definition) is 2. The maximum absolute atomic E-state index is 11.4. The van der Waals surface area contributed by atoms with Gasteiger partial charge in [-0.25, -0.2) is 0 Å². The van der Waals surface area contributed by atoms with Crippen LogP contribution < -0.4 is 5.32 Å². The second kappa shape index (κ2) is 5.11. The lowest BCUT2D eigenvalue weighted by Crippen LogP contribution is -2.50. The van der Waals surface area contributed by atoms with Crippen molar-refractivity contribution in [2.45, 2.75) is 40.2 Å². The van der Waals surface area contributed by atoms with Crippen molar-refractivity contribution in [3.8, 4) is 0 Å². The summed E-state index contributed by atoms with van der Waals surface area (Å²) in [6.45, 7) is 8.58. The van der Waals surface area contributed by atoms with E-state index in [0.717, 1.165) is 5.56 Å². The minimum atomic E-state index is -1.04. The number of anilines is 1. The van der Waals surface area contributed by atoms with E-state index in [9.17, 15) is 20.0 Å². The van der Waals surface area contributed by atoms with Gasteiger partial charge in [0.1, 0.15) is 0 Å². The van der Waals surface area contributed by atoms with E-state index in [4.69, 9.17) is 0 Å². The summed E-state index contributed by atoms with van der Waals surface area (Å²) in [5.74, 6) is -0.932. The summed E-state index contributed by atoms with van der Waals surface area (Å²) in [5.41, 5.74) is -0.450. The zero-order valence-corrected chi connectivity index (χ0v) is 12.4. The van der Waals surface area contributed by atoms with Crippen LogP contribution in [0.3, 0.4) is 0 Å². The topological polar surface area (TPSA) is 92.5 Å². The molecule has 110 valence electrons. The van der Waals surface area contributed by atoms with Crippen LogP contribution in [0.15, 0.2) is 18.2 Å². The zero-order valence-electron chi connectivity index (χ0n) is 12.4. The molecule has 0 saturated carbocycles. The Kier molecular flexibility index (Phi) is 4.07. The molecule has 6 nitrogen and oxygen atoms in total. The number of non-ortho nitro benzene ring substituents is 1. The number of aryl methyl sites for hydroxylation is 1. The Morgan fingerprint density at radius 2 is 1.85 bits per heavy atom. The number of carboxylic acids is 1. The molecule has 1 aromatic rings. The van der Waals surface area contributed by atoms with Gasteiger partial charge in [0, 0.05) is 23.4 Å². The van der Waals surface area contributed by atoms with Crippen molar-refractivity contribution in [3.63, 3.8) is 0 Å². The van der Waals surface area contributed by atoms with Crippen molar-refractivity contribution < 1.29 is 14.8 Å². The van der Waals surface area contributed by atoms with Crippen LogP contribution in [0.25, 0.3) is 0 Å². The van der Waals surface area contributed by atoms with Gasteiger partial charge < -0.3 is 10.4 Å². The van der Waals surface area contributed by atoms with Gasteiger partial charge in [-0.2, -0.15) is 0 Å². The van der Waals surface area contributed by atoms with E-state index in [-0.39, 0.29) is 5.69 Å². The lowest BCUT2D eigenvalue weighted by atomic mass is 9.74. The first-order valence-corrected chi connectivity index (χ1v) is 6.25. The molecule has 1 rings (SSSR count). The Bertz CT molecular complexity index is 550. The molecule has 0 atom stereocenters. The highest BCUT2D eigenvalue weighted by atomic mass is 16.6. The summed E-state index contributed by atoms with van der Waals surface area (Å²) in [5, 5.41) is 23.3. The van der Waals surface area contributed by atoms with Crippen molar-refractivity contribution in [1.29, 1.82) is 0 Å². The van der Waals surface area contributed by atoms with Crippen molar-refractivity contribution in [3.05, 3.63) is 33.9 Å². The molecular weight excluding hydrogens is 260 g/mol. The van der Waals surface area contributed by atoms with E-state index in [1.165, 1.54) is 12.1 Å². The molecule has 0 unspecified atom stereocenters. The Labute approximate surface area is 118 Å². The number of aliphatic carboxylic acids is 1. The third kappa shape index (κ3) is 2.89. The van der Waals surface area contributed by atoms with Gasteiger partial charge in [0.15, 0.2) is 0 Å². The first-order chi connectivity index (χ1) is 8.99. The average Bonchev–Trinajstić information content (AvgIpc) is 2.30. The number of nitro benzene ring substituents is 1. The van der Waals surface area contributed by atoms with Gasteiger partial charge in [-0.05, 0) is 40.2 Å². The van der Waals surface area contributed by atoms with Crippen LogP contribution in [0.5, 0.6) is 0 Å². The van der Waals surface area contributed by atoms with Gasteiger partial charge in [-0.3, -0.25) is 14.9 Å². The molecule has 1 aromatic carbocycles. The normalized spacial score (nSPS) is 12.1. The third-order valence-electron chi connectivity index (χ3n) is 3.98. The number of benzene rings is 1. The number of carboxylic acid groups (broad SMARTS) is 1. The van der Waals surface area contributed by atoms with E-state index in [0.29, 0.717) is 5.69 Å². The summed E-state index contributed by atoms with van der Waals surface area (Å²) >= 11 is 0. The van der Waals surface area contributed by atoms with Crippen molar-refractivity contribution in [1.82, 2.24) is 0 Å². The van der Waals surface area contributed by atoms with Gasteiger partial charge in [-0.1, -0.05) is 6.07 Å². The lowest BCUT2D eigenvalue weighted by molar-refractivity contribution is -0.384. The monoisotopic (exact) mass is 280 g/mol. The molecule has 2 N–H and O–H groups in total. The molecule has 0 aliphatic rings. The molecule has 0 amide bonds. The molecule has 0 spiro atoms. The number of nitrogens with zero attached hydrogens (tertiary/aromatic N) is 1. The van der Waals surface area contributed by atoms with E-state index in [1.807, 2.05) is 6.92 Å². The standard InChI is InChI=1S/C14H20N2O4/c1-9-6-7-10(16(19)20)8-11(9)15-14(4,5)13(2,3)12(17)18/h6-8,15H,1-5H3,(H,17,18). The van der Waals surface area contributed by atoms with E-state index in [2.05, 4.69) is 5.32 Å². The lowest BCUT2D eigenvalue weighted by Gasteiger charge is -2.40. The predicted octanol–water partition coefficient (Wildman–Crippen LogP) is 3.20. The smallest absolute Gasteiger partial charge is 0.311 e. The average molecular weight is 280 g/mol. The molecule has 0 bridgehead atoms. The van der Waals surface area contributed by atoms with Crippen LogP contribution in [0.2, 0.25) is 0 Å². The zero-order chi connectivity index (χ0) is 15.7. The third-order valence-corrected chi connectivity index (χ3v) is 3.98. The Balaban J connectivity index is 3.18. The fraction of sp³-hybridized carbons (Fsp3) is 0.500. The molecule has 6 heteroatoms. The summed E-state index contributed by atoms with van der Waals surface area (Å²) < 4.78 is 0. The largest absolute Gasteiger partial charge is 0.481 e. The Hall–Kier alpha value is -2.11. The molecule has 0 aliphatic heterocycles. The summed E-state index contributed by atoms with van der Waals surface area (Å²) in [4.78, 5) is 21.7. The molecular formula is C14H20N2O4. The molecule has 0 fully saturated rings. The number of nitrogens with one attached hydrogen (secondary N) is 1. The maximum Gasteiger partial charge on any atom is 0.311 e. The van der Waals surface area contributed by atoms with E-state index in [1.54, 1.807) is 33.8 Å². The fourth-order valence-electron chi connectivity index (χ4n) is 1.62. The van der Waals surface area contributed by atoms with Crippen molar-refractivity contribution >= 4 is 17.3 Å². The molecule has 0 aromatic heterocycles. The molecule has 20 heavy (non-hydrogen) atoms. The molecule has 0 aliphatic carbocycles. The number of rotatable bonds is 5. The van der Waals surface area contributed by atoms with Crippen LogP contribution in [0, 0.1) is 22.5 Å². The van der Waals surface area contributed by atoms with Gasteiger partial charge in [0.05, 0.1) is 10.3 Å².